The Bertz CT molecular complexity index is 746. The third kappa shape index (κ3) is 40.3. The summed E-state index contributed by atoms with van der Waals surface area (Å²) in [5, 5.41) is 23.1. The van der Waals surface area contributed by atoms with Gasteiger partial charge in [0.1, 0.15) is 0 Å². The van der Waals surface area contributed by atoms with Crippen molar-refractivity contribution in [2.45, 2.75) is 276 Å². The van der Waals surface area contributed by atoms with Crippen molar-refractivity contribution >= 4 is 11.9 Å². The highest BCUT2D eigenvalue weighted by Crippen LogP contribution is 2.16. The monoisotopic (exact) mass is 752 g/mol. The van der Waals surface area contributed by atoms with Crippen LogP contribution in [0.25, 0.3) is 0 Å². The minimum Gasteiger partial charge on any atom is -0.466 e. The standard InChI is InChI=1S/C47H93NO5/c1-3-5-7-9-11-13-15-17-18-20-25-29-33-37-41-47(52)53-42-38-34-30-26-22-21-24-28-32-36-40-46(51)48-44(43-49)45(50)39-35-31-27-23-19-16-14-12-10-8-6-4-2/h44-45,49-50H,3-43H2,1-2H3,(H,48,51). The maximum atomic E-state index is 12.4. The van der Waals surface area contributed by atoms with Gasteiger partial charge in [-0.05, 0) is 25.7 Å². The van der Waals surface area contributed by atoms with Crippen LogP contribution in [0, 0.1) is 0 Å². The Morgan fingerprint density at radius 2 is 0.774 bits per heavy atom. The maximum absolute atomic E-state index is 12.4. The van der Waals surface area contributed by atoms with E-state index in [1.165, 1.54) is 173 Å². The Morgan fingerprint density at radius 1 is 0.453 bits per heavy atom. The van der Waals surface area contributed by atoms with Crippen LogP contribution in [0.3, 0.4) is 0 Å². The molecule has 0 fully saturated rings. The van der Waals surface area contributed by atoms with Crippen LogP contribution in [-0.2, 0) is 14.3 Å². The predicted octanol–water partition coefficient (Wildman–Crippen LogP) is 13.6. The van der Waals surface area contributed by atoms with Gasteiger partial charge in [-0.15, -0.1) is 0 Å². The van der Waals surface area contributed by atoms with Crippen molar-refractivity contribution in [3.05, 3.63) is 0 Å². The lowest BCUT2D eigenvalue weighted by atomic mass is 10.0. The first-order valence-corrected chi connectivity index (χ1v) is 23.8. The Labute approximate surface area is 330 Å². The smallest absolute Gasteiger partial charge is 0.305 e. The van der Waals surface area contributed by atoms with E-state index in [1.54, 1.807) is 0 Å². The third-order valence-corrected chi connectivity index (χ3v) is 11.2. The number of esters is 1. The third-order valence-electron chi connectivity index (χ3n) is 11.2. The number of unbranched alkanes of at least 4 members (excludes halogenated alkanes) is 33. The van der Waals surface area contributed by atoms with Crippen LogP contribution in [0.1, 0.15) is 264 Å². The van der Waals surface area contributed by atoms with Crippen LogP contribution in [0.15, 0.2) is 0 Å². The van der Waals surface area contributed by atoms with Crippen molar-refractivity contribution in [3.8, 4) is 0 Å². The zero-order chi connectivity index (χ0) is 38.7. The summed E-state index contributed by atoms with van der Waals surface area (Å²) in [5.74, 6) is -0.0736. The number of aliphatic hydroxyl groups is 2. The fraction of sp³-hybridized carbons (Fsp3) is 0.957. The quantitative estimate of drug-likeness (QED) is 0.0425. The van der Waals surface area contributed by atoms with E-state index in [1.807, 2.05) is 0 Å². The minimum absolute atomic E-state index is 0.0164. The van der Waals surface area contributed by atoms with Crippen LogP contribution >= 0.6 is 0 Å². The molecular weight excluding hydrogens is 659 g/mol. The van der Waals surface area contributed by atoms with Gasteiger partial charge in [-0.25, -0.2) is 0 Å². The van der Waals surface area contributed by atoms with Crippen molar-refractivity contribution in [2.24, 2.45) is 0 Å². The number of nitrogens with one attached hydrogen (secondary N) is 1. The zero-order valence-corrected chi connectivity index (χ0v) is 35.8. The highest BCUT2D eigenvalue weighted by molar-refractivity contribution is 5.76. The van der Waals surface area contributed by atoms with Gasteiger partial charge in [0.15, 0.2) is 0 Å². The predicted molar refractivity (Wildman–Crippen MR) is 227 cm³/mol. The lowest BCUT2D eigenvalue weighted by Crippen LogP contribution is -2.45. The molecular formula is C47H93NO5. The molecule has 3 N–H and O–H groups in total. The van der Waals surface area contributed by atoms with Gasteiger partial charge >= 0.3 is 5.97 Å². The van der Waals surface area contributed by atoms with Gasteiger partial charge < -0.3 is 20.3 Å². The lowest BCUT2D eigenvalue weighted by molar-refractivity contribution is -0.143. The molecule has 0 aromatic carbocycles. The first-order valence-electron chi connectivity index (χ1n) is 23.8. The van der Waals surface area contributed by atoms with Gasteiger partial charge in [-0.2, -0.15) is 0 Å². The van der Waals surface area contributed by atoms with Crippen molar-refractivity contribution in [3.63, 3.8) is 0 Å². The van der Waals surface area contributed by atoms with Crippen molar-refractivity contribution in [1.82, 2.24) is 5.32 Å². The molecule has 0 spiro atoms. The van der Waals surface area contributed by atoms with Gasteiger partial charge in [-0.1, -0.05) is 226 Å². The summed E-state index contributed by atoms with van der Waals surface area (Å²) in [5.41, 5.74) is 0. The number of carbonyl (C=O) groups is 2. The van der Waals surface area contributed by atoms with Gasteiger partial charge in [0.05, 0.1) is 25.4 Å². The molecule has 0 aliphatic rings. The van der Waals surface area contributed by atoms with Crippen LogP contribution in [0.4, 0.5) is 0 Å². The number of aliphatic hydroxyl groups excluding tert-OH is 2. The van der Waals surface area contributed by atoms with Crippen LogP contribution in [0.2, 0.25) is 0 Å². The molecule has 6 heteroatoms. The van der Waals surface area contributed by atoms with Gasteiger partial charge in [-0.3, -0.25) is 9.59 Å². The van der Waals surface area contributed by atoms with E-state index in [2.05, 4.69) is 19.2 Å². The number of hydrogen-bond donors (Lipinski definition) is 3. The second-order valence-electron chi connectivity index (χ2n) is 16.5. The van der Waals surface area contributed by atoms with E-state index in [4.69, 9.17) is 4.74 Å². The molecule has 316 valence electrons. The molecule has 2 atom stereocenters. The molecule has 0 aromatic heterocycles. The summed E-state index contributed by atoms with van der Waals surface area (Å²) in [6, 6.07) is -0.555. The Balaban J connectivity index is 3.46. The normalized spacial score (nSPS) is 12.6. The summed E-state index contributed by atoms with van der Waals surface area (Å²) >= 11 is 0. The van der Waals surface area contributed by atoms with E-state index in [9.17, 15) is 19.8 Å². The fourth-order valence-electron chi connectivity index (χ4n) is 7.46. The Hall–Kier alpha value is -1.14. The van der Waals surface area contributed by atoms with Crippen molar-refractivity contribution in [1.29, 1.82) is 0 Å². The summed E-state index contributed by atoms with van der Waals surface area (Å²) < 4.78 is 5.45. The SMILES string of the molecule is CCCCCCCCCCCCCCCCC(=O)OCCCCCCCCCCCCC(=O)NC(CO)C(O)CCCCCCCCCCCCCC. The number of carbonyl (C=O) groups excluding carboxylic acids is 2. The molecule has 0 heterocycles. The summed E-state index contributed by atoms with van der Waals surface area (Å²) in [6.45, 7) is 4.90. The Morgan fingerprint density at radius 3 is 1.15 bits per heavy atom. The molecule has 53 heavy (non-hydrogen) atoms. The fourth-order valence-corrected chi connectivity index (χ4v) is 7.46. The molecule has 2 unspecified atom stereocenters. The van der Waals surface area contributed by atoms with Crippen LogP contribution in [0.5, 0.6) is 0 Å². The number of hydrogen-bond acceptors (Lipinski definition) is 5. The van der Waals surface area contributed by atoms with E-state index >= 15 is 0 Å². The summed E-state index contributed by atoms with van der Waals surface area (Å²) in [7, 11) is 0. The molecule has 1 amide bonds. The summed E-state index contributed by atoms with van der Waals surface area (Å²) in [4.78, 5) is 24.4. The molecule has 0 bridgehead atoms. The molecule has 0 rings (SSSR count). The first kappa shape index (κ1) is 51.9. The van der Waals surface area contributed by atoms with Gasteiger partial charge in [0.25, 0.3) is 0 Å². The lowest BCUT2D eigenvalue weighted by Gasteiger charge is -2.22. The molecule has 0 aliphatic carbocycles. The van der Waals surface area contributed by atoms with Crippen molar-refractivity contribution < 1.29 is 24.5 Å². The second-order valence-corrected chi connectivity index (χ2v) is 16.5. The largest absolute Gasteiger partial charge is 0.466 e. The van der Waals surface area contributed by atoms with Crippen molar-refractivity contribution in [2.75, 3.05) is 13.2 Å². The van der Waals surface area contributed by atoms with Crippen LogP contribution < -0.4 is 5.32 Å². The zero-order valence-electron chi connectivity index (χ0n) is 35.8. The number of amides is 1. The molecule has 6 nitrogen and oxygen atoms in total. The minimum atomic E-state index is -0.675. The van der Waals surface area contributed by atoms with Gasteiger partial charge in [0.2, 0.25) is 5.91 Å². The molecule has 0 aliphatic heterocycles. The second kappa shape index (κ2) is 43.6. The van der Waals surface area contributed by atoms with E-state index in [-0.39, 0.29) is 18.5 Å². The molecule has 0 saturated carbocycles. The van der Waals surface area contributed by atoms with E-state index in [0.29, 0.717) is 25.9 Å². The number of ether oxygens (including phenoxy) is 1. The average Bonchev–Trinajstić information content (AvgIpc) is 3.16. The summed E-state index contributed by atoms with van der Waals surface area (Å²) in [6.07, 6.45) is 46.3. The maximum Gasteiger partial charge on any atom is 0.305 e. The van der Waals surface area contributed by atoms with E-state index < -0.39 is 12.1 Å². The van der Waals surface area contributed by atoms with E-state index in [0.717, 1.165) is 57.8 Å². The molecule has 0 saturated heterocycles. The highest BCUT2D eigenvalue weighted by Gasteiger charge is 2.20. The van der Waals surface area contributed by atoms with Gasteiger partial charge in [0, 0.05) is 12.8 Å². The topological polar surface area (TPSA) is 95.9 Å². The molecule has 0 aromatic rings. The van der Waals surface area contributed by atoms with Crippen LogP contribution in [-0.4, -0.2) is 47.4 Å². The number of rotatable bonds is 44. The average molecular weight is 752 g/mol. The first-order chi connectivity index (χ1) is 26.0. The molecule has 0 radical (unpaired) electrons. The Kier molecular flexibility index (Phi) is 42.6. The highest BCUT2D eigenvalue weighted by atomic mass is 16.5.